The van der Waals surface area contributed by atoms with E-state index in [9.17, 15) is 4.79 Å². The quantitative estimate of drug-likeness (QED) is 0.550. The van der Waals surface area contributed by atoms with Crippen LogP contribution in [0.2, 0.25) is 10.0 Å². The fraction of sp³-hybridized carbons (Fsp3) is 0.238. The summed E-state index contributed by atoms with van der Waals surface area (Å²) in [5, 5.41) is 6.15. The summed E-state index contributed by atoms with van der Waals surface area (Å²) in [6, 6.07) is 10.7. The maximum atomic E-state index is 12.8. The van der Waals surface area contributed by atoms with Crippen LogP contribution in [0, 0.1) is 0 Å². The van der Waals surface area contributed by atoms with Crippen LogP contribution in [0.4, 0.5) is 5.69 Å². The molecule has 1 amide bonds. The van der Waals surface area contributed by atoms with Gasteiger partial charge in [0.05, 0.1) is 5.02 Å². The Bertz CT molecular complexity index is 1020. The molecule has 0 aliphatic carbocycles. The molecule has 0 bridgehead atoms. The number of fused-ring (bicyclic) bond motifs is 1. The predicted molar refractivity (Wildman–Crippen MR) is 117 cm³/mol. The average Bonchev–Trinajstić information content (AvgIpc) is 3.18. The number of hydrogen-bond donors (Lipinski definition) is 1. The Kier molecular flexibility index (Phi) is 5.94. The molecule has 1 aliphatic rings. The smallest absolute Gasteiger partial charge is 0.245 e. The summed E-state index contributed by atoms with van der Waals surface area (Å²) in [7, 11) is 0. The molecule has 2 aromatic heterocycles. The largest absolute Gasteiger partial charge is 0.438 e. The summed E-state index contributed by atoms with van der Waals surface area (Å²) in [6.07, 6.45) is 2.41. The zero-order valence-corrected chi connectivity index (χ0v) is 18.0. The van der Waals surface area contributed by atoms with Gasteiger partial charge in [0.1, 0.15) is 16.8 Å². The van der Waals surface area contributed by atoms with Crippen LogP contribution in [0.15, 0.2) is 48.0 Å². The highest BCUT2D eigenvalue weighted by Crippen LogP contribution is 2.30. The van der Waals surface area contributed by atoms with Crippen molar-refractivity contribution >= 4 is 46.1 Å². The van der Waals surface area contributed by atoms with Crippen molar-refractivity contribution in [3.8, 4) is 11.6 Å². The van der Waals surface area contributed by atoms with Gasteiger partial charge < -0.3 is 15.0 Å². The summed E-state index contributed by atoms with van der Waals surface area (Å²) >= 11 is 13.7. The minimum atomic E-state index is -0.325. The summed E-state index contributed by atoms with van der Waals surface area (Å²) in [5.41, 5.74) is 2.10. The number of hydrogen-bond acceptors (Lipinski definition) is 5. The third-order valence-corrected chi connectivity index (χ3v) is 6.22. The number of benzene rings is 1. The molecule has 1 aliphatic heterocycles. The zero-order chi connectivity index (χ0) is 20.4. The minimum Gasteiger partial charge on any atom is -0.438 e. The molecule has 0 saturated carbocycles. The predicted octanol–water partition coefficient (Wildman–Crippen LogP) is 5.63. The Labute approximate surface area is 183 Å². The number of carbonyl (C=O) groups excluding carboxylic acids is 1. The second-order valence-corrected chi connectivity index (χ2v) is 8.66. The number of carbonyl (C=O) groups is 1. The standard InChI is InChI=1S/C21H19Cl2N3O2S/c1-13(21(27)26-8-6-19-14(12-26)7-9-29-19)25-16-2-4-17(5-3-16)28-20-18(23)10-15(22)11-24-20/h2-5,7,9-11,13,25H,6,8,12H2,1H3. The Hall–Kier alpha value is -2.28. The molecule has 5 nitrogen and oxygen atoms in total. The summed E-state index contributed by atoms with van der Waals surface area (Å²) < 4.78 is 5.69. The first-order chi connectivity index (χ1) is 14.0. The number of nitrogens with one attached hydrogen (secondary N) is 1. The monoisotopic (exact) mass is 447 g/mol. The van der Waals surface area contributed by atoms with Crippen LogP contribution in [0.5, 0.6) is 11.6 Å². The van der Waals surface area contributed by atoms with E-state index in [1.165, 1.54) is 16.6 Å². The Morgan fingerprint density at radius 2 is 2.07 bits per heavy atom. The van der Waals surface area contributed by atoms with E-state index in [0.717, 1.165) is 18.7 Å². The third-order valence-electron chi connectivity index (χ3n) is 4.72. The van der Waals surface area contributed by atoms with E-state index in [1.807, 2.05) is 24.0 Å². The van der Waals surface area contributed by atoms with E-state index in [2.05, 4.69) is 21.7 Å². The zero-order valence-electron chi connectivity index (χ0n) is 15.7. The van der Waals surface area contributed by atoms with E-state index in [1.54, 1.807) is 29.5 Å². The van der Waals surface area contributed by atoms with E-state index in [4.69, 9.17) is 27.9 Å². The molecule has 1 unspecified atom stereocenters. The molecule has 4 rings (SSSR count). The Morgan fingerprint density at radius 1 is 1.28 bits per heavy atom. The van der Waals surface area contributed by atoms with Gasteiger partial charge in [0, 0.05) is 29.9 Å². The lowest BCUT2D eigenvalue weighted by molar-refractivity contribution is -0.132. The number of pyridine rings is 1. The van der Waals surface area contributed by atoms with Gasteiger partial charge in [-0.1, -0.05) is 23.2 Å². The lowest BCUT2D eigenvalue weighted by atomic mass is 10.1. The highest BCUT2D eigenvalue weighted by molar-refractivity contribution is 7.10. The van der Waals surface area contributed by atoms with Gasteiger partial charge in [-0.2, -0.15) is 0 Å². The topological polar surface area (TPSA) is 54.5 Å². The number of aromatic nitrogens is 1. The summed E-state index contributed by atoms with van der Waals surface area (Å²) in [4.78, 5) is 20.2. The number of rotatable bonds is 5. The van der Waals surface area contributed by atoms with E-state index < -0.39 is 0 Å². The molecule has 3 heterocycles. The van der Waals surface area contributed by atoms with Crippen molar-refractivity contribution in [2.75, 3.05) is 11.9 Å². The fourth-order valence-electron chi connectivity index (χ4n) is 3.23. The van der Waals surface area contributed by atoms with Gasteiger partial charge >= 0.3 is 0 Å². The molecule has 29 heavy (non-hydrogen) atoms. The molecular weight excluding hydrogens is 429 g/mol. The van der Waals surface area contributed by atoms with Crippen molar-refractivity contribution < 1.29 is 9.53 Å². The van der Waals surface area contributed by atoms with Gasteiger partial charge in [-0.3, -0.25) is 4.79 Å². The molecule has 1 atom stereocenters. The Balaban J connectivity index is 1.36. The second-order valence-electron chi connectivity index (χ2n) is 6.81. The number of anilines is 1. The van der Waals surface area contributed by atoms with Crippen molar-refractivity contribution in [2.45, 2.75) is 25.9 Å². The maximum Gasteiger partial charge on any atom is 0.245 e. The molecule has 8 heteroatoms. The lowest BCUT2D eigenvalue weighted by Gasteiger charge is -2.30. The highest BCUT2D eigenvalue weighted by Gasteiger charge is 2.25. The van der Waals surface area contributed by atoms with Crippen LogP contribution in [-0.2, 0) is 17.8 Å². The fourth-order valence-corrected chi connectivity index (χ4v) is 4.54. The van der Waals surface area contributed by atoms with Crippen molar-refractivity contribution in [3.05, 3.63) is 68.5 Å². The van der Waals surface area contributed by atoms with Crippen LogP contribution in [0.25, 0.3) is 0 Å². The van der Waals surface area contributed by atoms with E-state index >= 15 is 0 Å². The van der Waals surface area contributed by atoms with Gasteiger partial charge in [0.2, 0.25) is 11.8 Å². The van der Waals surface area contributed by atoms with Crippen molar-refractivity contribution in [1.29, 1.82) is 0 Å². The average molecular weight is 448 g/mol. The van der Waals surface area contributed by atoms with Gasteiger partial charge in [0.25, 0.3) is 0 Å². The number of ether oxygens (including phenoxy) is 1. The second kappa shape index (κ2) is 8.61. The lowest BCUT2D eigenvalue weighted by Crippen LogP contribution is -2.43. The summed E-state index contributed by atoms with van der Waals surface area (Å²) in [6.45, 7) is 3.33. The van der Waals surface area contributed by atoms with Crippen molar-refractivity contribution in [3.63, 3.8) is 0 Å². The van der Waals surface area contributed by atoms with Gasteiger partial charge in [0.15, 0.2) is 0 Å². The molecule has 0 fully saturated rings. The molecule has 1 aromatic carbocycles. The van der Waals surface area contributed by atoms with Crippen molar-refractivity contribution in [2.24, 2.45) is 0 Å². The van der Waals surface area contributed by atoms with Crippen LogP contribution in [0.3, 0.4) is 0 Å². The molecular formula is C21H19Cl2N3O2S. The number of thiophene rings is 1. The van der Waals surface area contributed by atoms with Crippen molar-refractivity contribution in [1.82, 2.24) is 9.88 Å². The number of amides is 1. The highest BCUT2D eigenvalue weighted by atomic mass is 35.5. The summed E-state index contributed by atoms with van der Waals surface area (Å²) in [5.74, 6) is 0.977. The molecule has 0 radical (unpaired) electrons. The number of nitrogens with zero attached hydrogens (tertiary/aromatic N) is 2. The molecule has 0 saturated heterocycles. The van der Waals surface area contributed by atoms with Crippen LogP contribution < -0.4 is 10.1 Å². The van der Waals surface area contributed by atoms with Gasteiger partial charge in [-0.25, -0.2) is 4.98 Å². The molecule has 3 aromatic rings. The molecule has 0 spiro atoms. The normalized spacial score (nSPS) is 14.2. The Morgan fingerprint density at radius 3 is 2.83 bits per heavy atom. The van der Waals surface area contributed by atoms with Crippen LogP contribution in [-0.4, -0.2) is 28.4 Å². The SMILES string of the molecule is CC(Nc1ccc(Oc2ncc(Cl)cc2Cl)cc1)C(=O)N1CCc2sccc2C1. The molecule has 150 valence electrons. The number of halogens is 2. The first kappa shape index (κ1) is 20.0. The van der Waals surface area contributed by atoms with Gasteiger partial charge in [-0.05, 0) is 60.7 Å². The van der Waals surface area contributed by atoms with E-state index in [-0.39, 0.29) is 11.9 Å². The minimum absolute atomic E-state index is 0.0966. The van der Waals surface area contributed by atoms with Crippen LogP contribution >= 0.6 is 34.5 Å². The van der Waals surface area contributed by atoms with E-state index in [0.29, 0.717) is 28.2 Å². The first-order valence-electron chi connectivity index (χ1n) is 9.19. The first-order valence-corrected chi connectivity index (χ1v) is 10.8. The molecule has 1 N–H and O–H groups in total. The maximum absolute atomic E-state index is 12.8. The van der Waals surface area contributed by atoms with Gasteiger partial charge in [-0.15, -0.1) is 11.3 Å². The van der Waals surface area contributed by atoms with Crippen LogP contribution in [0.1, 0.15) is 17.4 Å². The third kappa shape index (κ3) is 4.66.